The minimum absolute atomic E-state index is 0. The molecular weight excluding hydrogens is 350 g/mol. The molecule has 9 heteroatoms. The largest absolute Gasteiger partial charge is 0.341 e. The van der Waals surface area contributed by atoms with E-state index in [1.165, 1.54) is 12.1 Å². The summed E-state index contributed by atoms with van der Waals surface area (Å²) >= 11 is 0. The first-order valence-corrected chi connectivity index (χ1v) is 8.52. The molecule has 0 radical (unpaired) electrons. The van der Waals surface area contributed by atoms with Crippen molar-refractivity contribution in [2.75, 3.05) is 19.6 Å². The lowest BCUT2D eigenvalue weighted by atomic mass is 9.96. The van der Waals surface area contributed by atoms with E-state index in [2.05, 4.69) is 0 Å². The van der Waals surface area contributed by atoms with Crippen molar-refractivity contribution in [1.29, 1.82) is 0 Å². The number of halogens is 3. The zero-order chi connectivity index (χ0) is 16.3. The fourth-order valence-electron chi connectivity index (χ4n) is 2.44. The number of carbonyl (C=O) groups is 1. The van der Waals surface area contributed by atoms with Crippen LogP contribution in [-0.2, 0) is 9.84 Å². The predicted octanol–water partition coefficient (Wildman–Crippen LogP) is 1.92. The van der Waals surface area contributed by atoms with Crippen LogP contribution in [0, 0.1) is 5.92 Å². The second-order valence-corrected chi connectivity index (χ2v) is 7.22. The normalized spacial score (nSPS) is 16.3. The summed E-state index contributed by atoms with van der Waals surface area (Å²) in [5.41, 5.74) is 5.89. The maximum atomic E-state index is 12.4. The van der Waals surface area contributed by atoms with Crippen LogP contribution in [0.4, 0.5) is 8.78 Å². The van der Waals surface area contributed by atoms with Crippen molar-refractivity contribution in [3.63, 3.8) is 0 Å². The zero-order valence-electron chi connectivity index (χ0n) is 12.3. The summed E-state index contributed by atoms with van der Waals surface area (Å²) in [5.74, 6) is -3.27. The Morgan fingerprint density at radius 1 is 1.22 bits per heavy atom. The number of amides is 1. The van der Waals surface area contributed by atoms with Gasteiger partial charge in [-0.1, -0.05) is 0 Å². The maximum Gasteiger partial charge on any atom is 0.341 e. The van der Waals surface area contributed by atoms with E-state index in [0.717, 1.165) is 25.0 Å². The molecule has 2 N–H and O–H groups in total. The Kier molecular flexibility index (Phi) is 6.91. The van der Waals surface area contributed by atoms with Crippen LogP contribution in [-0.4, -0.2) is 44.6 Å². The molecule has 130 valence electrons. The molecule has 1 saturated heterocycles. The number of likely N-dealkylation sites (tertiary alicyclic amines) is 1. The molecule has 0 spiro atoms. The van der Waals surface area contributed by atoms with E-state index < -0.39 is 20.5 Å². The maximum absolute atomic E-state index is 12.4. The van der Waals surface area contributed by atoms with Crippen LogP contribution in [0.2, 0.25) is 0 Å². The topological polar surface area (TPSA) is 80.5 Å². The molecule has 1 amide bonds. The Hall–Kier alpha value is -1.25. The van der Waals surface area contributed by atoms with E-state index in [-0.39, 0.29) is 18.3 Å². The van der Waals surface area contributed by atoms with Gasteiger partial charge >= 0.3 is 5.76 Å². The summed E-state index contributed by atoms with van der Waals surface area (Å²) in [5, 5.41) is 0. The van der Waals surface area contributed by atoms with E-state index in [1.54, 1.807) is 4.90 Å². The summed E-state index contributed by atoms with van der Waals surface area (Å²) in [6.07, 6.45) is 1.67. The van der Waals surface area contributed by atoms with E-state index in [9.17, 15) is 22.0 Å². The highest BCUT2D eigenvalue weighted by molar-refractivity contribution is 7.91. The molecule has 1 heterocycles. The molecule has 0 saturated carbocycles. The number of rotatable bonds is 4. The van der Waals surface area contributed by atoms with Gasteiger partial charge < -0.3 is 10.6 Å². The number of piperidine rings is 1. The molecular formula is C14H19ClF2N2O3S. The van der Waals surface area contributed by atoms with Crippen molar-refractivity contribution in [2.45, 2.75) is 23.5 Å². The molecule has 0 unspecified atom stereocenters. The van der Waals surface area contributed by atoms with Gasteiger partial charge in [-0.3, -0.25) is 4.79 Å². The van der Waals surface area contributed by atoms with E-state index in [1.807, 2.05) is 0 Å². The third-order valence-electron chi connectivity index (χ3n) is 3.90. The fraction of sp³-hybridized carbons (Fsp3) is 0.500. The molecule has 0 aliphatic carbocycles. The number of hydrogen-bond donors (Lipinski definition) is 1. The Labute approximate surface area is 140 Å². The number of alkyl halides is 2. The number of carbonyl (C=O) groups excluding carboxylic acids is 1. The number of sulfone groups is 1. The first-order valence-electron chi connectivity index (χ1n) is 6.97. The second-order valence-electron chi connectivity index (χ2n) is 5.30. The molecule has 23 heavy (non-hydrogen) atoms. The Bertz CT molecular complexity index is 630. The summed E-state index contributed by atoms with van der Waals surface area (Å²) in [4.78, 5) is 13.5. The van der Waals surface area contributed by atoms with Crippen LogP contribution >= 0.6 is 12.4 Å². The fourth-order valence-corrected chi connectivity index (χ4v) is 3.17. The number of nitrogens with two attached hydrogens (primary N) is 1. The van der Waals surface area contributed by atoms with E-state index in [0.29, 0.717) is 31.1 Å². The van der Waals surface area contributed by atoms with Crippen LogP contribution in [0.3, 0.4) is 0 Å². The van der Waals surface area contributed by atoms with Crippen LogP contribution < -0.4 is 5.73 Å². The SMILES string of the molecule is Cl.NCC1CCN(C(=O)c2ccc(S(=O)(=O)C(F)F)cc2)CC1. The van der Waals surface area contributed by atoms with Crippen LogP contribution in [0.1, 0.15) is 23.2 Å². The highest BCUT2D eigenvalue weighted by Gasteiger charge is 2.27. The number of nitrogens with zero attached hydrogens (tertiary/aromatic N) is 1. The van der Waals surface area contributed by atoms with Crippen molar-refractivity contribution in [1.82, 2.24) is 4.90 Å². The average Bonchev–Trinajstić information content (AvgIpc) is 2.54. The lowest BCUT2D eigenvalue weighted by molar-refractivity contribution is 0.0693. The smallest absolute Gasteiger partial charge is 0.339 e. The summed E-state index contributed by atoms with van der Waals surface area (Å²) in [6, 6.07) is 4.63. The Morgan fingerprint density at radius 2 is 1.74 bits per heavy atom. The number of benzene rings is 1. The third-order valence-corrected chi connectivity index (χ3v) is 5.30. The molecule has 1 aliphatic rings. The predicted molar refractivity (Wildman–Crippen MR) is 84.6 cm³/mol. The van der Waals surface area contributed by atoms with Crippen LogP contribution in [0.5, 0.6) is 0 Å². The molecule has 1 aliphatic heterocycles. The van der Waals surface area contributed by atoms with E-state index in [4.69, 9.17) is 5.73 Å². The van der Waals surface area contributed by atoms with Gasteiger partial charge in [0.1, 0.15) is 0 Å². The molecule has 0 bridgehead atoms. The summed E-state index contributed by atoms with van der Waals surface area (Å²) in [7, 11) is -4.63. The summed E-state index contributed by atoms with van der Waals surface area (Å²) < 4.78 is 47.5. The molecule has 1 fully saturated rings. The quantitative estimate of drug-likeness (QED) is 0.880. The standard InChI is InChI=1S/C14H18F2N2O3S.ClH/c15-14(16)22(20,21)12-3-1-11(2-4-12)13(19)18-7-5-10(9-17)6-8-18;/h1-4,10,14H,5-9,17H2;1H. The molecule has 0 aromatic heterocycles. The van der Waals surface area contributed by atoms with Gasteiger partial charge in [0.2, 0.25) is 9.84 Å². The van der Waals surface area contributed by atoms with Gasteiger partial charge in [0.25, 0.3) is 5.91 Å². The zero-order valence-corrected chi connectivity index (χ0v) is 14.0. The first kappa shape index (κ1) is 19.8. The van der Waals surface area contributed by atoms with E-state index >= 15 is 0 Å². The molecule has 0 atom stereocenters. The van der Waals surface area contributed by atoms with Crippen LogP contribution in [0.15, 0.2) is 29.2 Å². The Morgan fingerprint density at radius 3 is 2.17 bits per heavy atom. The third kappa shape index (κ3) is 4.39. The lowest BCUT2D eigenvalue weighted by Crippen LogP contribution is -2.40. The average molecular weight is 369 g/mol. The second kappa shape index (κ2) is 8.03. The van der Waals surface area contributed by atoms with Crippen molar-refractivity contribution in [2.24, 2.45) is 11.7 Å². The minimum atomic E-state index is -4.63. The highest BCUT2D eigenvalue weighted by Crippen LogP contribution is 2.21. The van der Waals surface area contributed by atoms with Gasteiger partial charge in [0, 0.05) is 18.7 Å². The molecule has 5 nitrogen and oxygen atoms in total. The van der Waals surface area contributed by atoms with Gasteiger partial charge in [0.15, 0.2) is 0 Å². The van der Waals surface area contributed by atoms with Gasteiger partial charge in [-0.15, -0.1) is 12.4 Å². The van der Waals surface area contributed by atoms with Gasteiger partial charge in [0.05, 0.1) is 4.90 Å². The number of hydrogen-bond acceptors (Lipinski definition) is 4. The van der Waals surface area contributed by atoms with Crippen molar-refractivity contribution >= 4 is 28.2 Å². The van der Waals surface area contributed by atoms with Crippen molar-refractivity contribution in [3.05, 3.63) is 29.8 Å². The molecule has 1 aromatic carbocycles. The van der Waals surface area contributed by atoms with Gasteiger partial charge in [-0.2, -0.15) is 8.78 Å². The molecule has 1 aromatic rings. The van der Waals surface area contributed by atoms with Gasteiger partial charge in [-0.05, 0) is 49.6 Å². The summed E-state index contributed by atoms with van der Waals surface area (Å²) in [6.45, 7) is 1.79. The van der Waals surface area contributed by atoms with Crippen molar-refractivity contribution < 1.29 is 22.0 Å². The monoisotopic (exact) mass is 368 g/mol. The minimum Gasteiger partial charge on any atom is -0.339 e. The Balaban J connectivity index is 0.00000264. The molecule has 2 rings (SSSR count). The lowest BCUT2D eigenvalue weighted by Gasteiger charge is -2.31. The first-order chi connectivity index (χ1) is 10.4. The van der Waals surface area contributed by atoms with Crippen LogP contribution in [0.25, 0.3) is 0 Å². The van der Waals surface area contributed by atoms with Gasteiger partial charge in [-0.25, -0.2) is 8.42 Å². The highest BCUT2D eigenvalue weighted by atomic mass is 35.5. The van der Waals surface area contributed by atoms with Crippen molar-refractivity contribution in [3.8, 4) is 0 Å².